The van der Waals surface area contributed by atoms with Crippen LogP contribution in [-0.4, -0.2) is 30.8 Å². The second-order valence-electron chi connectivity index (χ2n) is 5.50. The second-order valence-corrected chi connectivity index (χ2v) is 8.33. The summed E-state index contributed by atoms with van der Waals surface area (Å²) in [5.74, 6) is -0.406. The van der Waals surface area contributed by atoms with Crippen LogP contribution in [0.4, 0.5) is 0 Å². The summed E-state index contributed by atoms with van der Waals surface area (Å²) in [6.07, 6.45) is 1.00. The van der Waals surface area contributed by atoms with E-state index in [-0.39, 0.29) is 33.9 Å². The summed E-state index contributed by atoms with van der Waals surface area (Å²) >= 11 is 11.7. The fourth-order valence-electron chi connectivity index (χ4n) is 2.15. The molecule has 3 rings (SSSR count). The number of esters is 1. The molecule has 0 spiro atoms. The van der Waals surface area contributed by atoms with E-state index in [2.05, 4.69) is 10.2 Å². The molecule has 1 heterocycles. The molecule has 0 radical (unpaired) electrons. The van der Waals surface area contributed by atoms with E-state index in [0.29, 0.717) is 10.6 Å². The predicted octanol–water partition coefficient (Wildman–Crippen LogP) is 3.80. The van der Waals surface area contributed by atoms with Gasteiger partial charge in [0, 0.05) is 16.8 Å². The van der Waals surface area contributed by atoms with Gasteiger partial charge in [0.2, 0.25) is 5.89 Å². The van der Waals surface area contributed by atoms with Crippen molar-refractivity contribution >= 4 is 39.0 Å². The van der Waals surface area contributed by atoms with Gasteiger partial charge in [-0.25, -0.2) is 13.2 Å². The Kier molecular flexibility index (Phi) is 5.50. The number of nitrogens with zero attached hydrogens (tertiary/aromatic N) is 2. The Morgan fingerprint density at radius 1 is 1.11 bits per heavy atom. The zero-order valence-electron chi connectivity index (χ0n) is 13.8. The summed E-state index contributed by atoms with van der Waals surface area (Å²) < 4.78 is 33.9. The number of hydrogen-bond acceptors (Lipinski definition) is 7. The van der Waals surface area contributed by atoms with Crippen molar-refractivity contribution in [2.45, 2.75) is 11.5 Å². The molecule has 7 nitrogen and oxygen atoms in total. The monoisotopic (exact) mass is 426 g/mol. The normalized spacial score (nSPS) is 11.4. The van der Waals surface area contributed by atoms with Gasteiger partial charge in [-0.1, -0.05) is 23.2 Å². The molecule has 27 heavy (non-hydrogen) atoms. The van der Waals surface area contributed by atoms with Crippen LogP contribution in [0.1, 0.15) is 16.2 Å². The topological polar surface area (TPSA) is 99.4 Å². The van der Waals surface area contributed by atoms with Crippen molar-refractivity contribution in [1.29, 1.82) is 0 Å². The second kappa shape index (κ2) is 7.67. The highest BCUT2D eigenvalue weighted by molar-refractivity contribution is 7.90. The number of benzene rings is 2. The predicted molar refractivity (Wildman–Crippen MR) is 98.4 cm³/mol. The van der Waals surface area contributed by atoms with Gasteiger partial charge in [-0.2, -0.15) is 0 Å². The number of ether oxygens (including phenoxy) is 1. The Morgan fingerprint density at radius 3 is 2.48 bits per heavy atom. The molecule has 0 saturated heterocycles. The Bertz CT molecular complexity index is 1090. The smallest absolute Gasteiger partial charge is 0.338 e. The zero-order valence-corrected chi connectivity index (χ0v) is 16.2. The van der Waals surface area contributed by atoms with Crippen molar-refractivity contribution < 1.29 is 22.4 Å². The minimum Gasteiger partial charge on any atom is -0.452 e. The van der Waals surface area contributed by atoms with Crippen LogP contribution in [0.5, 0.6) is 0 Å². The van der Waals surface area contributed by atoms with E-state index in [0.717, 1.165) is 12.3 Å². The summed E-state index contributed by atoms with van der Waals surface area (Å²) in [7, 11) is -3.58. The maximum absolute atomic E-state index is 12.2. The van der Waals surface area contributed by atoms with Crippen LogP contribution in [0.3, 0.4) is 0 Å². The molecule has 0 amide bonds. The lowest BCUT2D eigenvalue weighted by Crippen LogP contribution is -2.07. The van der Waals surface area contributed by atoms with Crippen LogP contribution in [-0.2, 0) is 21.2 Å². The Labute approximate surface area is 164 Å². The van der Waals surface area contributed by atoms with Gasteiger partial charge in [0.05, 0.1) is 15.5 Å². The Hall–Kier alpha value is -2.42. The molecule has 0 aliphatic carbocycles. The molecule has 0 N–H and O–H groups in total. The number of halogens is 2. The molecular formula is C17H12Cl2N2O5S. The third-order valence-corrected chi connectivity index (χ3v) is 5.28. The molecule has 0 saturated carbocycles. The number of hydrogen-bond donors (Lipinski definition) is 0. The summed E-state index contributed by atoms with van der Waals surface area (Å²) in [4.78, 5) is 12.0. The van der Waals surface area contributed by atoms with Crippen molar-refractivity contribution in [1.82, 2.24) is 10.2 Å². The minimum atomic E-state index is -3.58. The van der Waals surface area contributed by atoms with Gasteiger partial charge < -0.3 is 9.15 Å². The van der Waals surface area contributed by atoms with E-state index in [1.807, 2.05) is 0 Å². The number of rotatable bonds is 5. The fourth-order valence-corrected chi connectivity index (χ4v) is 3.57. The van der Waals surface area contributed by atoms with E-state index < -0.39 is 15.8 Å². The van der Waals surface area contributed by atoms with Crippen LogP contribution in [0, 0.1) is 0 Å². The molecular weight excluding hydrogens is 415 g/mol. The summed E-state index contributed by atoms with van der Waals surface area (Å²) in [5, 5.41) is 8.28. The fraction of sp³-hybridized carbons (Fsp3) is 0.118. The zero-order chi connectivity index (χ0) is 19.6. The highest BCUT2D eigenvalue weighted by atomic mass is 35.5. The number of carbonyl (C=O) groups excluding carboxylic acids is 1. The lowest BCUT2D eigenvalue weighted by Gasteiger charge is -2.06. The van der Waals surface area contributed by atoms with Crippen LogP contribution in [0.2, 0.25) is 10.0 Å². The standard InChI is InChI=1S/C17H12Cl2N2O5S/c1-27(23,24)14-8-11(4-7-13(14)19)17(22)25-9-15-20-21-16(26-15)10-2-5-12(18)6-3-10/h2-8H,9H2,1H3. The molecule has 2 aromatic carbocycles. The van der Waals surface area contributed by atoms with Gasteiger partial charge in [0.1, 0.15) is 0 Å². The molecule has 0 fully saturated rings. The molecule has 0 aliphatic rings. The Morgan fingerprint density at radius 2 is 1.81 bits per heavy atom. The largest absolute Gasteiger partial charge is 0.452 e. The molecule has 140 valence electrons. The summed E-state index contributed by atoms with van der Waals surface area (Å²) in [6.45, 7) is -0.268. The van der Waals surface area contributed by atoms with Crippen molar-refractivity contribution in [3.8, 4) is 11.5 Å². The lowest BCUT2D eigenvalue weighted by molar-refractivity contribution is 0.0438. The van der Waals surface area contributed by atoms with Gasteiger partial charge in [-0.15, -0.1) is 10.2 Å². The molecule has 0 aliphatic heterocycles. The van der Waals surface area contributed by atoms with Crippen LogP contribution in [0.15, 0.2) is 51.8 Å². The van der Waals surface area contributed by atoms with E-state index in [1.54, 1.807) is 24.3 Å². The first-order valence-electron chi connectivity index (χ1n) is 7.49. The van der Waals surface area contributed by atoms with E-state index in [9.17, 15) is 13.2 Å². The average molecular weight is 427 g/mol. The Balaban J connectivity index is 1.71. The maximum atomic E-state index is 12.2. The molecule has 0 atom stereocenters. The van der Waals surface area contributed by atoms with Crippen LogP contribution in [0.25, 0.3) is 11.5 Å². The quantitative estimate of drug-likeness (QED) is 0.571. The lowest BCUT2D eigenvalue weighted by atomic mass is 10.2. The SMILES string of the molecule is CS(=O)(=O)c1cc(C(=O)OCc2nnc(-c3ccc(Cl)cc3)o2)ccc1Cl. The third-order valence-electron chi connectivity index (χ3n) is 3.45. The van der Waals surface area contributed by atoms with Crippen molar-refractivity contribution in [3.63, 3.8) is 0 Å². The highest BCUT2D eigenvalue weighted by Gasteiger charge is 2.17. The van der Waals surface area contributed by atoms with Gasteiger partial charge in [-0.05, 0) is 42.5 Å². The van der Waals surface area contributed by atoms with Crippen molar-refractivity contribution in [2.75, 3.05) is 6.26 Å². The molecule has 0 bridgehead atoms. The molecule has 3 aromatic rings. The average Bonchev–Trinajstić information content (AvgIpc) is 3.08. The van der Waals surface area contributed by atoms with E-state index in [1.165, 1.54) is 12.1 Å². The first-order chi connectivity index (χ1) is 12.7. The number of sulfone groups is 1. The van der Waals surface area contributed by atoms with Crippen molar-refractivity contribution in [2.24, 2.45) is 0 Å². The number of aromatic nitrogens is 2. The van der Waals surface area contributed by atoms with Crippen LogP contribution >= 0.6 is 23.2 Å². The molecule has 1 aromatic heterocycles. The highest BCUT2D eigenvalue weighted by Crippen LogP contribution is 2.24. The first kappa shape index (κ1) is 19.3. The van der Waals surface area contributed by atoms with Crippen LogP contribution < -0.4 is 0 Å². The van der Waals surface area contributed by atoms with E-state index in [4.69, 9.17) is 32.4 Å². The first-order valence-corrected chi connectivity index (χ1v) is 10.1. The summed E-state index contributed by atoms with van der Waals surface area (Å²) in [6, 6.07) is 10.6. The van der Waals surface area contributed by atoms with Gasteiger partial charge in [0.25, 0.3) is 5.89 Å². The summed E-state index contributed by atoms with van der Waals surface area (Å²) in [5.41, 5.74) is 0.706. The van der Waals surface area contributed by atoms with Gasteiger partial charge in [0.15, 0.2) is 16.4 Å². The van der Waals surface area contributed by atoms with Gasteiger partial charge >= 0.3 is 5.97 Å². The van der Waals surface area contributed by atoms with Crippen molar-refractivity contribution in [3.05, 3.63) is 64.0 Å². The number of carbonyl (C=O) groups is 1. The maximum Gasteiger partial charge on any atom is 0.338 e. The minimum absolute atomic E-state index is 0.0264. The third kappa shape index (κ3) is 4.65. The molecule has 10 heteroatoms. The van der Waals surface area contributed by atoms with E-state index >= 15 is 0 Å². The molecule has 0 unspecified atom stereocenters. The van der Waals surface area contributed by atoms with Gasteiger partial charge in [-0.3, -0.25) is 0 Å².